The number of carbonyl (C=O) groups is 5. The number of fused-ring (bicyclic) bond motifs is 1. The molecule has 0 radical (unpaired) electrons. The van der Waals surface area contributed by atoms with Crippen molar-refractivity contribution in [2.45, 2.75) is 38.6 Å². The summed E-state index contributed by atoms with van der Waals surface area (Å²) in [5, 5.41) is 14.7. The molecule has 5 N–H and O–H groups in total. The molecule has 0 saturated carbocycles. The molecule has 0 saturated heterocycles. The van der Waals surface area contributed by atoms with E-state index in [9.17, 15) is 37.6 Å². The van der Waals surface area contributed by atoms with Crippen LogP contribution in [-0.4, -0.2) is 84.6 Å². The summed E-state index contributed by atoms with van der Waals surface area (Å²) in [6.45, 7) is 1.37. The lowest BCUT2D eigenvalue weighted by molar-refractivity contribution is -0.141. The van der Waals surface area contributed by atoms with E-state index in [1.165, 1.54) is 24.7 Å². The molecule has 1 aliphatic rings. The van der Waals surface area contributed by atoms with Gasteiger partial charge in [-0.1, -0.05) is 37.6 Å². The zero-order valence-corrected chi connectivity index (χ0v) is 25.1. The Morgan fingerprint density at radius 3 is 2.07 bits per heavy atom. The van der Waals surface area contributed by atoms with Crippen molar-refractivity contribution in [2.75, 3.05) is 26.0 Å². The van der Waals surface area contributed by atoms with Crippen LogP contribution in [0.25, 0.3) is 0 Å². The molecular formula is C29H36N4O10S. The lowest BCUT2D eigenvalue weighted by atomic mass is 9.86. The van der Waals surface area contributed by atoms with Crippen molar-refractivity contribution in [1.29, 1.82) is 0 Å². The topological polar surface area (TPSA) is 209 Å². The molecule has 5 amide bonds. The molecule has 2 aromatic carbocycles. The highest BCUT2D eigenvalue weighted by atomic mass is 32.2. The van der Waals surface area contributed by atoms with Crippen molar-refractivity contribution in [3.05, 3.63) is 65.2 Å². The van der Waals surface area contributed by atoms with Crippen LogP contribution >= 0.6 is 0 Å². The third-order valence-corrected chi connectivity index (χ3v) is 7.99. The van der Waals surface area contributed by atoms with Gasteiger partial charge < -0.3 is 15.4 Å². The van der Waals surface area contributed by atoms with Gasteiger partial charge >= 0.3 is 0 Å². The number of hydrogen-bond acceptors (Lipinski definition) is 9. The monoisotopic (exact) mass is 632 g/mol. The van der Waals surface area contributed by atoms with Gasteiger partial charge in [-0.25, -0.2) is 5.48 Å². The van der Waals surface area contributed by atoms with Crippen LogP contribution in [0.2, 0.25) is 0 Å². The molecule has 0 bridgehead atoms. The first-order chi connectivity index (χ1) is 20.9. The van der Waals surface area contributed by atoms with E-state index in [0.717, 1.165) is 4.90 Å². The SMILES string of the molecule is CCCC(C(=O)NC(Cc1ccc(OCCCS(=O)(=O)O)cc1)C(=O)NC)C(CN1C(=O)c2ccccc2C1=O)C(=O)NO. The van der Waals surface area contributed by atoms with E-state index in [0.29, 0.717) is 17.7 Å². The minimum absolute atomic E-state index is 0.0537. The van der Waals surface area contributed by atoms with Gasteiger partial charge in [0.2, 0.25) is 17.7 Å². The number of rotatable bonds is 16. The Morgan fingerprint density at radius 2 is 1.55 bits per heavy atom. The van der Waals surface area contributed by atoms with Gasteiger partial charge in [-0.3, -0.25) is 38.6 Å². The quantitative estimate of drug-likeness (QED) is 0.0582. The van der Waals surface area contributed by atoms with Crippen molar-refractivity contribution in [1.82, 2.24) is 21.0 Å². The molecule has 44 heavy (non-hydrogen) atoms. The van der Waals surface area contributed by atoms with Gasteiger partial charge in [0.05, 0.1) is 35.3 Å². The Kier molecular flexibility index (Phi) is 12.0. The summed E-state index contributed by atoms with van der Waals surface area (Å²) in [7, 11) is -2.68. The molecular weight excluding hydrogens is 596 g/mol. The number of benzene rings is 2. The lowest BCUT2D eigenvalue weighted by Gasteiger charge is -2.29. The molecule has 2 aromatic rings. The van der Waals surface area contributed by atoms with E-state index in [2.05, 4.69) is 10.6 Å². The van der Waals surface area contributed by atoms with Crippen LogP contribution in [0.15, 0.2) is 48.5 Å². The number of hydroxylamine groups is 1. The number of carbonyl (C=O) groups excluding carboxylic acids is 5. The molecule has 3 unspecified atom stereocenters. The van der Waals surface area contributed by atoms with Crippen LogP contribution < -0.4 is 20.9 Å². The molecule has 1 heterocycles. The fourth-order valence-corrected chi connectivity index (χ4v) is 5.44. The summed E-state index contributed by atoms with van der Waals surface area (Å²) in [5.41, 5.74) is 2.53. The number of ether oxygens (including phenoxy) is 1. The summed E-state index contributed by atoms with van der Waals surface area (Å²) in [4.78, 5) is 66.0. The number of amides is 5. The second kappa shape index (κ2) is 15.4. The summed E-state index contributed by atoms with van der Waals surface area (Å²) < 4.78 is 35.9. The standard InChI is InChI=1S/C29H36N4O10S/c1-3-7-20(23(26(35)32-39)17-33-28(37)21-8-4-5-9-22(21)29(33)38)25(34)31-24(27(36)30-2)16-18-10-12-19(13-11-18)43-14-6-15-44(40,41)42/h4-5,8-13,20,23-24,39H,3,6-7,14-17H2,1-2H3,(H,30,36)(H,31,34)(H,32,35)(H,40,41,42). The summed E-state index contributed by atoms with van der Waals surface area (Å²) in [6, 6.07) is 11.7. The zero-order valence-electron chi connectivity index (χ0n) is 24.3. The highest BCUT2D eigenvalue weighted by molar-refractivity contribution is 7.85. The molecule has 238 valence electrons. The maximum Gasteiger partial charge on any atom is 0.264 e. The second-order valence-corrected chi connectivity index (χ2v) is 11.8. The first-order valence-corrected chi connectivity index (χ1v) is 15.6. The van der Waals surface area contributed by atoms with Crippen molar-refractivity contribution < 1.29 is 46.9 Å². The van der Waals surface area contributed by atoms with E-state index < -0.39 is 69.8 Å². The van der Waals surface area contributed by atoms with Gasteiger partial charge in [-0.05, 0) is 42.7 Å². The van der Waals surface area contributed by atoms with Crippen LogP contribution in [0.5, 0.6) is 5.75 Å². The maximum atomic E-state index is 13.6. The largest absolute Gasteiger partial charge is 0.494 e. The zero-order chi connectivity index (χ0) is 32.4. The molecule has 3 rings (SSSR count). The fraction of sp³-hybridized carbons (Fsp3) is 0.414. The predicted molar refractivity (Wildman–Crippen MR) is 156 cm³/mol. The molecule has 0 aliphatic carbocycles. The number of hydrogen-bond donors (Lipinski definition) is 5. The summed E-state index contributed by atoms with van der Waals surface area (Å²) >= 11 is 0. The highest BCUT2D eigenvalue weighted by Crippen LogP contribution is 2.27. The highest BCUT2D eigenvalue weighted by Gasteiger charge is 2.42. The Morgan fingerprint density at radius 1 is 0.932 bits per heavy atom. The van der Waals surface area contributed by atoms with Gasteiger partial charge in [0, 0.05) is 20.0 Å². The smallest absolute Gasteiger partial charge is 0.264 e. The van der Waals surface area contributed by atoms with Gasteiger partial charge in [0.1, 0.15) is 11.8 Å². The fourth-order valence-electron chi connectivity index (χ4n) is 4.95. The number of nitrogens with one attached hydrogen (secondary N) is 3. The van der Waals surface area contributed by atoms with E-state index >= 15 is 0 Å². The van der Waals surface area contributed by atoms with Gasteiger partial charge in [0.25, 0.3) is 21.9 Å². The van der Waals surface area contributed by atoms with Gasteiger partial charge in [0.15, 0.2) is 0 Å². The number of imide groups is 1. The molecule has 3 atom stereocenters. The van der Waals surface area contributed by atoms with Crippen LogP contribution in [0.1, 0.15) is 52.5 Å². The van der Waals surface area contributed by atoms with Gasteiger partial charge in [-0.15, -0.1) is 0 Å². The Balaban J connectivity index is 1.75. The molecule has 0 spiro atoms. The third kappa shape index (κ3) is 8.84. The Hall–Kier alpha value is -4.34. The van der Waals surface area contributed by atoms with Gasteiger partial charge in [-0.2, -0.15) is 8.42 Å². The first-order valence-electron chi connectivity index (χ1n) is 14.0. The van der Waals surface area contributed by atoms with E-state index in [4.69, 9.17) is 9.29 Å². The van der Waals surface area contributed by atoms with Crippen molar-refractivity contribution in [3.8, 4) is 5.75 Å². The van der Waals surface area contributed by atoms with E-state index in [1.807, 2.05) is 0 Å². The summed E-state index contributed by atoms with van der Waals surface area (Å²) in [5.74, 6) is -5.81. The molecule has 0 fully saturated rings. The average Bonchev–Trinajstić information content (AvgIpc) is 3.24. The minimum Gasteiger partial charge on any atom is -0.494 e. The minimum atomic E-state index is -4.08. The van der Waals surface area contributed by atoms with Crippen LogP contribution in [-0.2, 0) is 30.9 Å². The van der Waals surface area contributed by atoms with Crippen LogP contribution in [0, 0.1) is 11.8 Å². The van der Waals surface area contributed by atoms with E-state index in [-0.39, 0.29) is 37.0 Å². The molecule has 14 nitrogen and oxygen atoms in total. The maximum absolute atomic E-state index is 13.6. The Bertz CT molecular complexity index is 1440. The van der Waals surface area contributed by atoms with Crippen molar-refractivity contribution in [2.24, 2.45) is 11.8 Å². The normalized spacial score (nSPS) is 14.8. The third-order valence-electron chi connectivity index (χ3n) is 7.18. The van der Waals surface area contributed by atoms with Crippen LogP contribution in [0.3, 0.4) is 0 Å². The summed E-state index contributed by atoms with van der Waals surface area (Å²) in [6.07, 6.45) is 0.734. The Labute approximate surface area is 254 Å². The average molecular weight is 633 g/mol. The second-order valence-electron chi connectivity index (χ2n) is 10.3. The van der Waals surface area contributed by atoms with E-state index in [1.54, 1.807) is 43.3 Å². The van der Waals surface area contributed by atoms with Crippen molar-refractivity contribution in [3.63, 3.8) is 0 Å². The lowest BCUT2D eigenvalue weighted by Crippen LogP contribution is -2.53. The van der Waals surface area contributed by atoms with Crippen LogP contribution in [0.4, 0.5) is 0 Å². The first kappa shape index (κ1) is 34.2. The molecule has 15 heteroatoms. The number of nitrogens with zero attached hydrogens (tertiary/aromatic N) is 1. The predicted octanol–water partition coefficient (Wildman–Crippen LogP) is 0.951. The van der Waals surface area contributed by atoms with Crippen molar-refractivity contribution >= 4 is 39.7 Å². The molecule has 1 aliphatic heterocycles. The number of likely N-dealkylation sites (N-methyl/N-ethyl adjacent to an activating group) is 1. The molecule has 0 aromatic heterocycles.